The molecule has 6 heteroatoms. The summed E-state index contributed by atoms with van der Waals surface area (Å²) in [6, 6.07) is 0. The second-order valence-electron chi connectivity index (χ2n) is 3.65. The van der Waals surface area contributed by atoms with Crippen LogP contribution in [0.5, 0.6) is 0 Å². The molecule has 0 saturated heterocycles. The van der Waals surface area contributed by atoms with Crippen LogP contribution in [0.4, 0.5) is 0 Å². The van der Waals surface area contributed by atoms with Crippen molar-refractivity contribution in [2.75, 3.05) is 27.4 Å². The molecule has 0 unspecified atom stereocenters. The van der Waals surface area contributed by atoms with E-state index >= 15 is 0 Å². The predicted octanol–water partition coefficient (Wildman–Crippen LogP) is 1.05. The highest BCUT2D eigenvalue weighted by atomic mass is 16.5. The van der Waals surface area contributed by atoms with E-state index in [-0.39, 0.29) is 23.5 Å². The van der Waals surface area contributed by atoms with E-state index in [4.69, 9.17) is 4.74 Å². The molecule has 1 heterocycles. The first-order valence-electron chi connectivity index (χ1n) is 5.65. The number of carbonyl (C=O) groups is 2. The van der Waals surface area contributed by atoms with Crippen LogP contribution in [0.15, 0.2) is 35.1 Å². The summed E-state index contributed by atoms with van der Waals surface area (Å²) < 4.78 is 14.3. The Labute approximate surface area is 111 Å². The maximum absolute atomic E-state index is 11.7. The summed E-state index contributed by atoms with van der Waals surface area (Å²) in [5, 5.41) is 9.89. The zero-order valence-corrected chi connectivity index (χ0v) is 10.8. The smallest absolute Gasteiger partial charge is 0.342 e. The Balaban J connectivity index is 3.32. The lowest BCUT2D eigenvalue weighted by Crippen LogP contribution is -2.19. The first-order chi connectivity index (χ1) is 9.11. The van der Waals surface area contributed by atoms with Gasteiger partial charge in [0.2, 0.25) is 0 Å². The third-order valence-electron chi connectivity index (χ3n) is 2.42. The number of allylic oxidation sites excluding steroid dienone is 2. The van der Waals surface area contributed by atoms with Crippen LogP contribution in [-0.4, -0.2) is 44.5 Å². The topological polar surface area (TPSA) is 82.1 Å². The number of hydrogen-bond donors (Lipinski definition) is 1. The van der Waals surface area contributed by atoms with Gasteiger partial charge in [-0.3, -0.25) is 0 Å². The molecule has 0 aromatic rings. The molecule has 1 N–H and O–H groups in total. The Hall–Kier alpha value is -2.08. The van der Waals surface area contributed by atoms with Gasteiger partial charge in [-0.05, 0) is 12.5 Å². The van der Waals surface area contributed by atoms with Gasteiger partial charge in [0.25, 0.3) is 0 Å². The van der Waals surface area contributed by atoms with Gasteiger partial charge in [0.05, 0.1) is 26.4 Å². The number of aliphatic hydroxyl groups excluding tert-OH is 1. The Morgan fingerprint density at radius 2 is 1.95 bits per heavy atom. The number of hydrogen-bond acceptors (Lipinski definition) is 6. The molecule has 6 nitrogen and oxygen atoms in total. The van der Waals surface area contributed by atoms with Gasteiger partial charge in [-0.25, -0.2) is 9.59 Å². The zero-order valence-electron chi connectivity index (χ0n) is 10.8. The average Bonchev–Trinajstić information content (AvgIpc) is 2.43. The van der Waals surface area contributed by atoms with E-state index in [1.54, 1.807) is 12.2 Å². The number of carbonyl (C=O) groups excluding carboxylic acids is 2. The zero-order chi connectivity index (χ0) is 14.3. The first kappa shape index (κ1) is 15.0. The van der Waals surface area contributed by atoms with Crippen molar-refractivity contribution in [1.29, 1.82) is 0 Å². The second kappa shape index (κ2) is 7.38. The number of aliphatic hydroxyl groups is 1. The molecule has 0 atom stereocenters. The van der Waals surface area contributed by atoms with Crippen LogP contribution in [0.25, 0.3) is 0 Å². The minimum Gasteiger partial charge on any atom is -0.509 e. The van der Waals surface area contributed by atoms with Crippen molar-refractivity contribution in [3.05, 3.63) is 35.1 Å². The first-order valence-corrected chi connectivity index (χ1v) is 5.65. The summed E-state index contributed by atoms with van der Waals surface area (Å²) in [5.74, 6) is -1.93. The molecule has 0 spiro atoms. The van der Waals surface area contributed by atoms with Crippen LogP contribution in [0.1, 0.15) is 6.42 Å². The minimum atomic E-state index is -0.827. The summed E-state index contributed by atoms with van der Waals surface area (Å²) in [6.07, 6.45) is 5.41. The molecule has 0 aliphatic carbocycles. The number of ether oxygens (including phenoxy) is 3. The molecule has 0 aromatic heterocycles. The summed E-state index contributed by atoms with van der Waals surface area (Å²) in [5.41, 5.74) is -0.325. The highest BCUT2D eigenvalue weighted by Gasteiger charge is 2.26. The molecule has 0 bridgehead atoms. The lowest BCUT2D eigenvalue weighted by molar-refractivity contribution is -0.139. The number of esters is 2. The molecule has 1 aliphatic rings. The molecule has 0 saturated carbocycles. The van der Waals surface area contributed by atoms with Gasteiger partial charge in [-0.15, -0.1) is 0 Å². The Kier molecular flexibility index (Phi) is 5.81. The Bertz CT molecular complexity index is 444. The Morgan fingerprint density at radius 3 is 2.58 bits per heavy atom. The largest absolute Gasteiger partial charge is 0.509 e. The van der Waals surface area contributed by atoms with Gasteiger partial charge in [0.1, 0.15) is 17.9 Å². The van der Waals surface area contributed by atoms with E-state index in [2.05, 4.69) is 9.47 Å². The Morgan fingerprint density at radius 1 is 1.26 bits per heavy atom. The van der Waals surface area contributed by atoms with Crippen LogP contribution in [0, 0.1) is 0 Å². The van der Waals surface area contributed by atoms with E-state index in [1.807, 2.05) is 0 Å². The van der Waals surface area contributed by atoms with Crippen molar-refractivity contribution >= 4 is 11.9 Å². The molecular weight excluding hydrogens is 252 g/mol. The van der Waals surface area contributed by atoms with Crippen molar-refractivity contribution in [2.45, 2.75) is 6.42 Å². The van der Waals surface area contributed by atoms with Gasteiger partial charge in [-0.1, -0.05) is 12.2 Å². The summed E-state index contributed by atoms with van der Waals surface area (Å²) in [6.45, 7) is 0.225. The van der Waals surface area contributed by atoms with Gasteiger partial charge in [0.15, 0.2) is 0 Å². The fourth-order valence-corrected chi connectivity index (χ4v) is 1.50. The monoisotopic (exact) mass is 268 g/mol. The minimum absolute atomic E-state index is 0.0754. The van der Waals surface area contributed by atoms with E-state index in [9.17, 15) is 14.7 Å². The van der Waals surface area contributed by atoms with Crippen molar-refractivity contribution in [3.63, 3.8) is 0 Å². The van der Waals surface area contributed by atoms with Crippen molar-refractivity contribution < 1.29 is 28.9 Å². The molecule has 19 heavy (non-hydrogen) atoms. The van der Waals surface area contributed by atoms with Crippen molar-refractivity contribution in [1.82, 2.24) is 0 Å². The lowest BCUT2D eigenvalue weighted by Gasteiger charge is -2.12. The highest BCUT2D eigenvalue weighted by molar-refractivity contribution is 6.07. The predicted molar refractivity (Wildman–Crippen MR) is 66.3 cm³/mol. The third-order valence-corrected chi connectivity index (χ3v) is 2.42. The SMILES string of the molecule is COC(=O)C1=CC=CCCOC/C(O)=C\1C(=O)OC. The van der Waals surface area contributed by atoms with E-state index in [0.717, 1.165) is 7.11 Å². The molecule has 0 fully saturated rings. The molecule has 1 aliphatic heterocycles. The highest BCUT2D eigenvalue weighted by Crippen LogP contribution is 2.18. The maximum atomic E-state index is 11.7. The van der Waals surface area contributed by atoms with E-state index < -0.39 is 11.9 Å². The van der Waals surface area contributed by atoms with E-state index in [0.29, 0.717) is 13.0 Å². The van der Waals surface area contributed by atoms with Gasteiger partial charge in [0, 0.05) is 0 Å². The molecule has 1 rings (SSSR count). The molecule has 104 valence electrons. The van der Waals surface area contributed by atoms with Gasteiger partial charge in [-0.2, -0.15) is 0 Å². The van der Waals surface area contributed by atoms with Crippen LogP contribution < -0.4 is 0 Å². The van der Waals surface area contributed by atoms with Gasteiger partial charge < -0.3 is 19.3 Å². The third kappa shape index (κ3) is 3.96. The van der Waals surface area contributed by atoms with Crippen molar-refractivity contribution in [3.8, 4) is 0 Å². The second-order valence-corrected chi connectivity index (χ2v) is 3.65. The molecular formula is C13H16O6. The average molecular weight is 268 g/mol. The molecule has 0 radical (unpaired) electrons. The van der Waals surface area contributed by atoms with Crippen LogP contribution >= 0.6 is 0 Å². The fraction of sp³-hybridized carbons (Fsp3) is 0.385. The lowest BCUT2D eigenvalue weighted by atomic mass is 10.0. The fourth-order valence-electron chi connectivity index (χ4n) is 1.50. The summed E-state index contributed by atoms with van der Waals surface area (Å²) in [7, 11) is 2.35. The molecule has 0 aromatic carbocycles. The standard InChI is InChI=1S/C13H16O6/c1-17-12(15)9-6-4-3-5-7-19-8-10(14)11(9)13(16)18-2/h3-4,6,14H,5,7-8H2,1-2H3/b4-3?,9-6?,11-10-. The number of rotatable bonds is 2. The normalized spacial score (nSPS) is 20.4. The van der Waals surface area contributed by atoms with Crippen LogP contribution in [0.3, 0.4) is 0 Å². The maximum Gasteiger partial charge on any atom is 0.342 e. The number of methoxy groups -OCH3 is 2. The van der Waals surface area contributed by atoms with Crippen LogP contribution in [0.2, 0.25) is 0 Å². The van der Waals surface area contributed by atoms with E-state index in [1.165, 1.54) is 13.2 Å². The summed E-state index contributed by atoms with van der Waals surface area (Å²) in [4.78, 5) is 23.4. The molecule has 0 amide bonds. The van der Waals surface area contributed by atoms with Crippen molar-refractivity contribution in [2.24, 2.45) is 0 Å². The quantitative estimate of drug-likeness (QED) is 0.754. The van der Waals surface area contributed by atoms with Crippen LogP contribution in [-0.2, 0) is 23.8 Å². The summed E-state index contributed by atoms with van der Waals surface area (Å²) >= 11 is 0. The van der Waals surface area contributed by atoms with Gasteiger partial charge >= 0.3 is 11.9 Å².